The average Bonchev–Trinajstić information content (AvgIpc) is 3.58. The van der Waals surface area contributed by atoms with Gasteiger partial charge in [-0.2, -0.15) is 0 Å². The fraction of sp³-hybridized carbons (Fsp3) is 0.297. The van der Waals surface area contributed by atoms with Gasteiger partial charge in [-0.15, -0.1) is 0 Å². The molecule has 0 bridgehead atoms. The van der Waals surface area contributed by atoms with Crippen LogP contribution in [-0.2, 0) is 4.74 Å². The Bertz CT molecular complexity index is 1700. The maximum Gasteiger partial charge on any atom is 0.513 e. The minimum atomic E-state index is -0.862. The molecule has 0 N–H and O–H groups in total. The fourth-order valence-electron chi connectivity index (χ4n) is 6.07. The molecule has 0 aliphatic carbocycles. The van der Waals surface area contributed by atoms with E-state index in [2.05, 4.69) is 38.7 Å². The largest absolute Gasteiger partial charge is 0.513 e. The molecule has 244 valence electrons. The van der Waals surface area contributed by atoms with Gasteiger partial charge in [0.05, 0.1) is 12.0 Å². The van der Waals surface area contributed by atoms with Crippen LogP contribution in [0.5, 0.6) is 5.75 Å². The maximum atomic E-state index is 13.2. The van der Waals surface area contributed by atoms with Gasteiger partial charge in [0.2, 0.25) is 0 Å². The molecule has 2 aliphatic heterocycles. The van der Waals surface area contributed by atoms with Gasteiger partial charge in [0.1, 0.15) is 11.6 Å². The van der Waals surface area contributed by atoms with Crippen molar-refractivity contribution in [3.63, 3.8) is 0 Å². The Labute approximate surface area is 273 Å². The van der Waals surface area contributed by atoms with Crippen LogP contribution in [0.15, 0.2) is 103 Å². The lowest BCUT2D eigenvalue weighted by Crippen LogP contribution is -2.33. The number of hydrogen-bond donors (Lipinski definition) is 0. The number of fused-ring (bicyclic) bond motifs is 1. The molecule has 0 aromatic heterocycles. The van der Waals surface area contributed by atoms with Crippen LogP contribution in [0.25, 0.3) is 10.8 Å². The molecular formula is C37H38FN3O6. The molecule has 2 saturated heterocycles. The lowest BCUT2D eigenvalue weighted by Gasteiger charge is -2.31. The van der Waals surface area contributed by atoms with Crippen molar-refractivity contribution in [2.45, 2.75) is 25.2 Å². The molecule has 4 aromatic rings. The number of methoxy groups -OCH3 is 1. The molecule has 2 heterocycles. The molecule has 2 aliphatic rings. The van der Waals surface area contributed by atoms with Crippen molar-refractivity contribution >= 4 is 28.5 Å². The van der Waals surface area contributed by atoms with E-state index >= 15 is 0 Å². The zero-order valence-corrected chi connectivity index (χ0v) is 26.3. The number of nitro groups is 1. The summed E-state index contributed by atoms with van der Waals surface area (Å²) in [5, 5.41) is 12.4. The van der Waals surface area contributed by atoms with E-state index in [4.69, 9.17) is 0 Å². The van der Waals surface area contributed by atoms with Crippen LogP contribution in [-0.4, -0.2) is 66.6 Å². The number of carbonyl (C=O) groups excluding carboxylic acids is 2. The summed E-state index contributed by atoms with van der Waals surface area (Å²) >= 11 is 0. The molecule has 0 saturated carbocycles. The first-order valence-electron chi connectivity index (χ1n) is 15.7. The molecular weight excluding hydrogens is 601 g/mol. The zero-order chi connectivity index (χ0) is 33.2. The van der Waals surface area contributed by atoms with E-state index in [-0.39, 0.29) is 23.2 Å². The van der Waals surface area contributed by atoms with Gasteiger partial charge in [-0.05, 0) is 90.9 Å². The van der Waals surface area contributed by atoms with E-state index in [1.54, 1.807) is 12.1 Å². The highest BCUT2D eigenvalue weighted by atomic mass is 19.1. The quantitative estimate of drug-likeness (QED) is 0.0674. The molecule has 1 amide bonds. The van der Waals surface area contributed by atoms with Crippen molar-refractivity contribution in [2.24, 2.45) is 5.92 Å². The summed E-state index contributed by atoms with van der Waals surface area (Å²) in [7, 11) is 1.17. The number of amides is 1. The van der Waals surface area contributed by atoms with Crippen LogP contribution in [0.4, 0.5) is 14.9 Å². The Hall–Kier alpha value is -5.09. The number of ether oxygens (including phenoxy) is 2. The number of nitro benzene ring substituents is 1. The third kappa shape index (κ3) is 9.01. The van der Waals surface area contributed by atoms with Crippen molar-refractivity contribution in [1.82, 2.24) is 9.80 Å². The standard InChI is InChI=1S/C29H31FN2O.C8H7NO5/c30-26-12-10-23(11-13-26)24-15-18-31(19-16-24)17-4-5-22-14-20-32(21-22)29(33)28-9-3-7-25-6-1-2-8-27(25)28;1-13-8(10)14-7-4-2-6(3-5-7)9(11)12/h1-13,22,24H,14-21H2;2-5H,1H3/t22-;/m0./s1. The van der Waals surface area contributed by atoms with Crippen LogP contribution >= 0.6 is 0 Å². The highest BCUT2D eigenvalue weighted by Crippen LogP contribution is 2.28. The third-order valence-corrected chi connectivity index (χ3v) is 8.65. The lowest BCUT2D eigenvalue weighted by molar-refractivity contribution is -0.384. The second-order valence-electron chi connectivity index (χ2n) is 11.7. The molecule has 6 rings (SSSR count). The van der Waals surface area contributed by atoms with Gasteiger partial charge in [-0.1, -0.05) is 60.7 Å². The van der Waals surface area contributed by atoms with Gasteiger partial charge in [0.15, 0.2) is 0 Å². The van der Waals surface area contributed by atoms with Crippen molar-refractivity contribution < 1.29 is 28.4 Å². The van der Waals surface area contributed by atoms with Gasteiger partial charge in [-0.3, -0.25) is 19.8 Å². The Balaban J connectivity index is 0.000000261. The zero-order valence-electron chi connectivity index (χ0n) is 26.3. The number of rotatable bonds is 7. The van der Waals surface area contributed by atoms with Gasteiger partial charge < -0.3 is 14.4 Å². The molecule has 0 unspecified atom stereocenters. The van der Waals surface area contributed by atoms with Crippen LogP contribution in [0, 0.1) is 21.8 Å². The van der Waals surface area contributed by atoms with E-state index in [0.717, 1.165) is 68.3 Å². The van der Waals surface area contributed by atoms with E-state index in [1.165, 1.54) is 36.9 Å². The lowest BCUT2D eigenvalue weighted by atomic mass is 9.89. The molecule has 0 spiro atoms. The smallest absolute Gasteiger partial charge is 0.437 e. The summed E-state index contributed by atoms with van der Waals surface area (Å²) in [6.07, 6.45) is 7.00. The first-order valence-corrected chi connectivity index (χ1v) is 15.7. The molecule has 0 radical (unpaired) electrons. The third-order valence-electron chi connectivity index (χ3n) is 8.65. The van der Waals surface area contributed by atoms with Gasteiger partial charge >= 0.3 is 6.16 Å². The summed E-state index contributed by atoms with van der Waals surface area (Å²) in [6.45, 7) is 4.72. The highest BCUT2D eigenvalue weighted by Gasteiger charge is 2.26. The maximum absolute atomic E-state index is 13.2. The summed E-state index contributed by atoms with van der Waals surface area (Å²) < 4.78 is 22.0. The number of nitrogens with zero attached hydrogens (tertiary/aromatic N) is 3. The fourth-order valence-corrected chi connectivity index (χ4v) is 6.07. The first kappa shape index (κ1) is 33.3. The second kappa shape index (κ2) is 16.0. The number of piperidine rings is 1. The minimum absolute atomic E-state index is 0.0674. The van der Waals surface area contributed by atoms with Crippen LogP contribution in [0.2, 0.25) is 0 Å². The highest BCUT2D eigenvalue weighted by molar-refractivity contribution is 6.07. The Morgan fingerprint density at radius 3 is 2.32 bits per heavy atom. The summed E-state index contributed by atoms with van der Waals surface area (Å²) in [6, 6.07) is 26.2. The van der Waals surface area contributed by atoms with Crippen LogP contribution in [0.1, 0.15) is 41.1 Å². The molecule has 2 fully saturated rings. The SMILES string of the molecule is COC(=O)Oc1ccc([N+](=O)[O-])cc1.O=C(c1cccc2ccccc12)N1CC[C@H](C=CCN2CCC(c3ccc(F)cc3)CC2)C1. The second-order valence-corrected chi connectivity index (χ2v) is 11.7. The molecule has 4 aromatic carbocycles. The topological polar surface area (TPSA) is 102 Å². The number of carbonyl (C=O) groups is 2. The molecule has 10 heteroatoms. The van der Waals surface area contributed by atoms with Crippen LogP contribution < -0.4 is 4.74 Å². The Morgan fingerprint density at radius 1 is 0.915 bits per heavy atom. The predicted octanol–water partition coefficient (Wildman–Crippen LogP) is 7.62. The normalized spacial score (nSPS) is 16.9. The minimum Gasteiger partial charge on any atom is -0.437 e. The summed E-state index contributed by atoms with van der Waals surface area (Å²) in [5.74, 6) is 1.15. The van der Waals surface area contributed by atoms with E-state index in [1.807, 2.05) is 47.4 Å². The van der Waals surface area contributed by atoms with E-state index in [0.29, 0.717) is 11.8 Å². The number of non-ortho nitro benzene ring substituents is 1. The van der Waals surface area contributed by atoms with E-state index in [9.17, 15) is 24.1 Å². The first-order chi connectivity index (χ1) is 22.8. The van der Waals surface area contributed by atoms with Crippen molar-refractivity contribution in [1.29, 1.82) is 0 Å². The van der Waals surface area contributed by atoms with Crippen molar-refractivity contribution in [2.75, 3.05) is 39.8 Å². The monoisotopic (exact) mass is 639 g/mol. The summed E-state index contributed by atoms with van der Waals surface area (Å²) in [5.41, 5.74) is 2.00. The number of likely N-dealkylation sites (tertiary alicyclic amines) is 2. The Kier molecular flexibility index (Phi) is 11.3. The molecule has 9 nitrogen and oxygen atoms in total. The number of benzene rings is 4. The van der Waals surface area contributed by atoms with Gasteiger partial charge in [0, 0.05) is 37.3 Å². The van der Waals surface area contributed by atoms with Crippen molar-refractivity contribution in [3.8, 4) is 5.75 Å². The molecule has 47 heavy (non-hydrogen) atoms. The van der Waals surface area contributed by atoms with E-state index < -0.39 is 11.1 Å². The summed E-state index contributed by atoms with van der Waals surface area (Å²) in [4.78, 5) is 38.0. The van der Waals surface area contributed by atoms with Crippen LogP contribution in [0.3, 0.4) is 0 Å². The average molecular weight is 640 g/mol. The number of hydrogen-bond acceptors (Lipinski definition) is 7. The number of halogens is 1. The van der Waals surface area contributed by atoms with Gasteiger partial charge in [0.25, 0.3) is 11.6 Å². The van der Waals surface area contributed by atoms with Crippen molar-refractivity contribution in [3.05, 3.63) is 130 Å². The predicted molar refractivity (Wildman–Crippen MR) is 178 cm³/mol. The van der Waals surface area contributed by atoms with Gasteiger partial charge in [-0.25, -0.2) is 9.18 Å². The Morgan fingerprint density at radius 2 is 1.62 bits per heavy atom. The molecule has 1 atom stereocenters.